The summed E-state index contributed by atoms with van der Waals surface area (Å²) in [6, 6.07) is 15.0. The number of hydrogen-bond acceptors (Lipinski definition) is 4. The molecule has 0 aliphatic heterocycles. The molecule has 1 amide bonds. The molecular weight excluding hydrogens is 318 g/mol. The van der Waals surface area contributed by atoms with E-state index in [9.17, 15) is 4.79 Å². The van der Waals surface area contributed by atoms with E-state index in [1.54, 1.807) is 14.2 Å². The third-order valence-corrected chi connectivity index (χ3v) is 3.89. The first-order valence-corrected chi connectivity index (χ1v) is 7.81. The normalized spacial score (nSPS) is 10.3. The fraction of sp³-hybridized carbons (Fsp3) is 0.158. The Kier molecular flexibility index (Phi) is 4.99. The van der Waals surface area contributed by atoms with E-state index in [2.05, 4.69) is 15.5 Å². The van der Waals surface area contributed by atoms with Gasteiger partial charge in [0.05, 0.1) is 31.7 Å². The number of hydrogen-bond donors (Lipinski definition) is 2. The predicted octanol–water partition coefficient (Wildman–Crippen LogP) is 3.02. The van der Waals surface area contributed by atoms with E-state index >= 15 is 0 Å². The van der Waals surface area contributed by atoms with Crippen molar-refractivity contribution < 1.29 is 14.3 Å². The number of benzene rings is 2. The smallest absolute Gasteiger partial charge is 0.255 e. The van der Waals surface area contributed by atoms with Gasteiger partial charge < -0.3 is 14.8 Å². The van der Waals surface area contributed by atoms with Crippen molar-refractivity contribution in [3.8, 4) is 22.8 Å². The van der Waals surface area contributed by atoms with Crippen molar-refractivity contribution in [2.24, 2.45) is 0 Å². The molecule has 6 heteroatoms. The van der Waals surface area contributed by atoms with Crippen LogP contribution < -0.4 is 14.8 Å². The molecule has 0 spiro atoms. The van der Waals surface area contributed by atoms with Gasteiger partial charge in [-0.15, -0.1) is 0 Å². The Balaban J connectivity index is 1.76. The Bertz CT molecular complexity index is 856. The van der Waals surface area contributed by atoms with Crippen LogP contribution in [0.1, 0.15) is 15.9 Å². The van der Waals surface area contributed by atoms with Crippen LogP contribution >= 0.6 is 0 Å². The van der Waals surface area contributed by atoms with Crippen LogP contribution in [0.5, 0.6) is 11.5 Å². The zero-order valence-corrected chi connectivity index (χ0v) is 14.1. The summed E-state index contributed by atoms with van der Waals surface area (Å²) in [5, 5.41) is 9.80. The second-order valence-electron chi connectivity index (χ2n) is 5.38. The Morgan fingerprint density at radius 3 is 2.56 bits per heavy atom. The number of methoxy groups -OCH3 is 2. The quantitative estimate of drug-likeness (QED) is 0.725. The van der Waals surface area contributed by atoms with E-state index in [0.29, 0.717) is 17.8 Å². The second kappa shape index (κ2) is 7.53. The molecule has 3 rings (SSSR count). The molecule has 128 valence electrons. The number of H-pyrrole nitrogens is 1. The molecule has 2 aromatic carbocycles. The molecule has 3 aromatic rings. The van der Waals surface area contributed by atoms with Crippen LogP contribution in [0.25, 0.3) is 11.3 Å². The van der Waals surface area contributed by atoms with Crippen LogP contribution in [0.2, 0.25) is 0 Å². The summed E-state index contributed by atoms with van der Waals surface area (Å²) in [7, 11) is 3.22. The van der Waals surface area contributed by atoms with E-state index in [4.69, 9.17) is 9.47 Å². The lowest BCUT2D eigenvalue weighted by Gasteiger charge is -2.10. The van der Waals surface area contributed by atoms with Gasteiger partial charge in [0.25, 0.3) is 5.91 Å². The second-order valence-corrected chi connectivity index (χ2v) is 5.38. The number of carbonyl (C=O) groups excluding carboxylic acids is 1. The van der Waals surface area contributed by atoms with Gasteiger partial charge in [-0.25, -0.2) is 0 Å². The first-order chi connectivity index (χ1) is 12.2. The largest absolute Gasteiger partial charge is 0.497 e. The van der Waals surface area contributed by atoms with Crippen molar-refractivity contribution in [3.05, 3.63) is 65.9 Å². The molecule has 0 saturated carbocycles. The number of nitrogens with one attached hydrogen (secondary N) is 2. The molecule has 6 nitrogen and oxygen atoms in total. The summed E-state index contributed by atoms with van der Waals surface area (Å²) >= 11 is 0. The molecule has 0 radical (unpaired) electrons. The van der Waals surface area contributed by atoms with Crippen LogP contribution in [-0.2, 0) is 6.54 Å². The molecule has 0 saturated heterocycles. The summed E-state index contributed by atoms with van der Waals surface area (Å²) < 4.78 is 10.5. The van der Waals surface area contributed by atoms with Crippen LogP contribution in [0.4, 0.5) is 0 Å². The molecule has 25 heavy (non-hydrogen) atoms. The fourth-order valence-electron chi connectivity index (χ4n) is 2.56. The number of nitrogens with zero attached hydrogens (tertiary/aromatic N) is 1. The summed E-state index contributed by atoms with van der Waals surface area (Å²) in [6.07, 6.45) is 1.52. The maximum Gasteiger partial charge on any atom is 0.255 e. The maximum absolute atomic E-state index is 12.6. The lowest BCUT2D eigenvalue weighted by molar-refractivity contribution is 0.0951. The standard InChI is InChI=1S/C19H19N3O3/c1-24-15-9-7-13(8-10-15)18-16(12-21-22-18)19(23)20-11-14-5-3-4-6-17(14)25-2/h3-10,12H,11H2,1-2H3,(H,20,23)(H,21,22). The summed E-state index contributed by atoms with van der Waals surface area (Å²) in [4.78, 5) is 12.6. The van der Waals surface area contributed by atoms with Crippen LogP contribution in [0, 0.1) is 0 Å². The average molecular weight is 337 g/mol. The molecule has 2 N–H and O–H groups in total. The minimum Gasteiger partial charge on any atom is -0.497 e. The van der Waals surface area contributed by atoms with E-state index in [1.165, 1.54) is 6.20 Å². The molecule has 0 atom stereocenters. The number of carbonyl (C=O) groups is 1. The molecule has 0 bridgehead atoms. The van der Waals surface area contributed by atoms with Gasteiger partial charge in [0.2, 0.25) is 0 Å². The van der Waals surface area contributed by atoms with Crippen molar-refractivity contribution >= 4 is 5.91 Å². The summed E-state index contributed by atoms with van der Waals surface area (Å²) in [5.41, 5.74) is 2.92. The van der Waals surface area contributed by atoms with Gasteiger partial charge in [-0.2, -0.15) is 5.10 Å². The van der Waals surface area contributed by atoms with Crippen LogP contribution in [-0.4, -0.2) is 30.3 Å². The highest BCUT2D eigenvalue weighted by atomic mass is 16.5. The van der Waals surface area contributed by atoms with E-state index in [1.807, 2.05) is 48.5 Å². The topological polar surface area (TPSA) is 76.2 Å². The van der Waals surface area contributed by atoms with Crippen molar-refractivity contribution in [2.75, 3.05) is 14.2 Å². The molecule has 0 unspecified atom stereocenters. The number of rotatable bonds is 6. The number of aromatic amines is 1. The lowest BCUT2D eigenvalue weighted by Crippen LogP contribution is -2.23. The Hall–Kier alpha value is -3.28. The zero-order valence-electron chi connectivity index (χ0n) is 14.1. The van der Waals surface area contributed by atoms with Crippen LogP contribution in [0.15, 0.2) is 54.7 Å². The van der Waals surface area contributed by atoms with E-state index in [0.717, 1.165) is 22.6 Å². The zero-order chi connectivity index (χ0) is 17.6. The highest BCUT2D eigenvalue weighted by Gasteiger charge is 2.15. The molecule has 1 aromatic heterocycles. The first-order valence-electron chi connectivity index (χ1n) is 7.81. The summed E-state index contributed by atoms with van der Waals surface area (Å²) in [6.45, 7) is 0.371. The average Bonchev–Trinajstić information content (AvgIpc) is 3.16. The Morgan fingerprint density at radius 1 is 1.08 bits per heavy atom. The van der Waals surface area contributed by atoms with Gasteiger partial charge >= 0.3 is 0 Å². The fourth-order valence-corrected chi connectivity index (χ4v) is 2.56. The van der Waals surface area contributed by atoms with Crippen molar-refractivity contribution in [2.45, 2.75) is 6.54 Å². The molecular formula is C19H19N3O3. The molecule has 1 heterocycles. The number of aromatic nitrogens is 2. The van der Waals surface area contributed by atoms with Gasteiger partial charge in [-0.1, -0.05) is 18.2 Å². The van der Waals surface area contributed by atoms with E-state index in [-0.39, 0.29) is 5.91 Å². The van der Waals surface area contributed by atoms with Crippen molar-refractivity contribution in [1.29, 1.82) is 0 Å². The maximum atomic E-state index is 12.6. The molecule has 0 fully saturated rings. The first kappa shape index (κ1) is 16.6. The lowest BCUT2D eigenvalue weighted by atomic mass is 10.1. The third-order valence-electron chi connectivity index (χ3n) is 3.89. The monoisotopic (exact) mass is 337 g/mol. The van der Waals surface area contributed by atoms with Crippen molar-refractivity contribution in [1.82, 2.24) is 15.5 Å². The highest BCUT2D eigenvalue weighted by Crippen LogP contribution is 2.24. The number of ether oxygens (including phenoxy) is 2. The SMILES string of the molecule is COc1ccc(-c2[nH]ncc2C(=O)NCc2ccccc2OC)cc1. The van der Waals surface area contributed by atoms with Gasteiger partial charge in [0, 0.05) is 17.7 Å². The number of amides is 1. The van der Waals surface area contributed by atoms with Gasteiger partial charge in [-0.3, -0.25) is 9.89 Å². The highest BCUT2D eigenvalue weighted by molar-refractivity contribution is 5.99. The molecule has 0 aliphatic carbocycles. The van der Waals surface area contributed by atoms with Gasteiger partial charge in [0.15, 0.2) is 0 Å². The van der Waals surface area contributed by atoms with E-state index < -0.39 is 0 Å². The molecule has 0 aliphatic rings. The van der Waals surface area contributed by atoms with Crippen LogP contribution in [0.3, 0.4) is 0 Å². The van der Waals surface area contributed by atoms with Gasteiger partial charge in [0.1, 0.15) is 11.5 Å². The predicted molar refractivity (Wildman–Crippen MR) is 94.7 cm³/mol. The third kappa shape index (κ3) is 3.63. The minimum atomic E-state index is -0.203. The number of para-hydroxylation sites is 1. The Labute approximate surface area is 145 Å². The van der Waals surface area contributed by atoms with Crippen molar-refractivity contribution in [3.63, 3.8) is 0 Å². The van der Waals surface area contributed by atoms with Gasteiger partial charge in [-0.05, 0) is 30.3 Å². The minimum absolute atomic E-state index is 0.203. The summed E-state index contributed by atoms with van der Waals surface area (Å²) in [5.74, 6) is 1.29. The Morgan fingerprint density at radius 2 is 1.84 bits per heavy atom.